The summed E-state index contributed by atoms with van der Waals surface area (Å²) in [6.07, 6.45) is 4.20. The van der Waals surface area contributed by atoms with Gasteiger partial charge >= 0.3 is 0 Å². The first-order valence-corrected chi connectivity index (χ1v) is 9.10. The third-order valence-corrected chi connectivity index (χ3v) is 5.33. The average molecular weight is 361 g/mol. The van der Waals surface area contributed by atoms with E-state index in [2.05, 4.69) is 4.98 Å². The van der Waals surface area contributed by atoms with Gasteiger partial charge in [-0.2, -0.15) is 0 Å². The Morgan fingerprint density at radius 1 is 1.17 bits per heavy atom. The maximum Gasteiger partial charge on any atom is 0.260 e. The van der Waals surface area contributed by atoms with Crippen LogP contribution in [0.1, 0.15) is 29.6 Å². The Balaban J connectivity index is 1.78. The SMILES string of the molecule is O=C(c1ccc(Cl)cc1)N1CCCC[C@H](Sc2ccccn2)C1=O. The molecule has 24 heavy (non-hydrogen) atoms. The van der Waals surface area contributed by atoms with Crippen LogP contribution in [0.4, 0.5) is 0 Å². The minimum atomic E-state index is -0.279. The second kappa shape index (κ2) is 7.81. The van der Waals surface area contributed by atoms with E-state index >= 15 is 0 Å². The van der Waals surface area contributed by atoms with Crippen molar-refractivity contribution in [3.8, 4) is 0 Å². The largest absolute Gasteiger partial charge is 0.278 e. The Labute approximate surface area is 150 Å². The first-order chi connectivity index (χ1) is 11.6. The molecule has 6 heteroatoms. The van der Waals surface area contributed by atoms with Crippen LogP contribution in [-0.4, -0.2) is 33.5 Å². The summed E-state index contributed by atoms with van der Waals surface area (Å²) >= 11 is 7.30. The van der Waals surface area contributed by atoms with E-state index in [1.54, 1.807) is 30.5 Å². The Kier molecular flexibility index (Phi) is 5.53. The van der Waals surface area contributed by atoms with E-state index in [4.69, 9.17) is 11.6 Å². The lowest BCUT2D eigenvalue weighted by atomic mass is 10.2. The summed E-state index contributed by atoms with van der Waals surface area (Å²) in [5.41, 5.74) is 0.483. The number of hydrogen-bond acceptors (Lipinski definition) is 4. The van der Waals surface area contributed by atoms with Gasteiger partial charge in [0.15, 0.2) is 0 Å². The second-order valence-electron chi connectivity index (χ2n) is 5.57. The lowest BCUT2D eigenvalue weighted by molar-refractivity contribution is -0.127. The molecule has 124 valence electrons. The highest BCUT2D eigenvalue weighted by atomic mass is 35.5. The number of pyridine rings is 1. The number of amides is 2. The Morgan fingerprint density at radius 2 is 1.96 bits per heavy atom. The minimum absolute atomic E-state index is 0.136. The maximum absolute atomic E-state index is 12.9. The van der Waals surface area contributed by atoms with Gasteiger partial charge in [0.1, 0.15) is 0 Å². The summed E-state index contributed by atoms with van der Waals surface area (Å²) in [5, 5.41) is 1.09. The number of rotatable bonds is 3. The standard InChI is InChI=1S/C18H17ClN2O2S/c19-14-9-7-13(8-10-14)17(22)21-12-4-2-5-15(18(21)23)24-16-6-1-3-11-20-16/h1,3,6-11,15H,2,4-5,12H2/t15-/m0/s1. The van der Waals surface area contributed by atoms with Gasteiger partial charge in [-0.3, -0.25) is 14.5 Å². The topological polar surface area (TPSA) is 50.3 Å². The normalized spacial score (nSPS) is 18.3. The molecular formula is C18H17ClN2O2S. The van der Waals surface area contributed by atoms with Gasteiger partial charge in [-0.25, -0.2) is 4.98 Å². The number of halogens is 1. The predicted molar refractivity (Wildman–Crippen MR) is 95.2 cm³/mol. The fraction of sp³-hybridized carbons (Fsp3) is 0.278. The summed E-state index contributed by atoms with van der Waals surface area (Å²) in [4.78, 5) is 31.2. The second-order valence-corrected chi connectivity index (χ2v) is 7.23. The van der Waals surface area contributed by atoms with Crippen molar-refractivity contribution in [2.24, 2.45) is 0 Å². The van der Waals surface area contributed by atoms with Crippen molar-refractivity contribution in [3.63, 3.8) is 0 Å². The Morgan fingerprint density at radius 3 is 2.67 bits per heavy atom. The minimum Gasteiger partial charge on any atom is -0.278 e. The highest BCUT2D eigenvalue weighted by Gasteiger charge is 2.32. The lowest BCUT2D eigenvalue weighted by Gasteiger charge is -2.22. The molecule has 1 atom stereocenters. The molecule has 0 saturated carbocycles. The van der Waals surface area contributed by atoms with E-state index in [-0.39, 0.29) is 17.1 Å². The van der Waals surface area contributed by atoms with E-state index in [1.165, 1.54) is 16.7 Å². The van der Waals surface area contributed by atoms with Gasteiger partial charge in [0.05, 0.1) is 10.3 Å². The quantitative estimate of drug-likeness (QED) is 0.775. The van der Waals surface area contributed by atoms with Gasteiger partial charge in [0.2, 0.25) is 5.91 Å². The van der Waals surface area contributed by atoms with Crippen molar-refractivity contribution >= 4 is 35.2 Å². The van der Waals surface area contributed by atoms with E-state index in [0.717, 1.165) is 24.3 Å². The molecule has 0 N–H and O–H groups in total. The molecule has 2 amide bonds. The number of benzene rings is 1. The van der Waals surface area contributed by atoms with E-state index in [1.807, 2.05) is 18.2 Å². The van der Waals surface area contributed by atoms with Gasteiger partial charge < -0.3 is 0 Å². The monoisotopic (exact) mass is 360 g/mol. The third-order valence-electron chi connectivity index (χ3n) is 3.88. The zero-order valence-electron chi connectivity index (χ0n) is 13.0. The van der Waals surface area contributed by atoms with Crippen LogP contribution in [-0.2, 0) is 4.79 Å². The van der Waals surface area contributed by atoms with Crippen LogP contribution in [0, 0.1) is 0 Å². The predicted octanol–water partition coefficient (Wildman–Crippen LogP) is 4.05. The molecule has 0 radical (unpaired) electrons. The van der Waals surface area contributed by atoms with Gasteiger partial charge in [-0.15, -0.1) is 0 Å². The zero-order valence-corrected chi connectivity index (χ0v) is 14.6. The molecule has 2 aromatic rings. The van der Waals surface area contributed by atoms with E-state index < -0.39 is 0 Å². The molecule has 1 saturated heterocycles. The van der Waals surface area contributed by atoms with Crippen LogP contribution in [0.2, 0.25) is 5.02 Å². The van der Waals surface area contributed by atoms with Crippen molar-refractivity contribution in [2.75, 3.05) is 6.54 Å². The molecule has 2 heterocycles. The fourth-order valence-corrected chi connectivity index (χ4v) is 3.84. The van der Waals surface area contributed by atoms with Crippen LogP contribution < -0.4 is 0 Å². The number of likely N-dealkylation sites (tertiary alicyclic amines) is 1. The first-order valence-electron chi connectivity index (χ1n) is 7.84. The zero-order chi connectivity index (χ0) is 16.9. The van der Waals surface area contributed by atoms with Gasteiger partial charge in [-0.1, -0.05) is 35.9 Å². The first kappa shape index (κ1) is 17.0. The van der Waals surface area contributed by atoms with Crippen LogP contribution in [0.5, 0.6) is 0 Å². The number of imide groups is 1. The van der Waals surface area contributed by atoms with Gasteiger partial charge in [0.25, 0.3) is 5.91 Å². The van der Waals surface area contributed by atoms with Crippen molar-refractivity contribution in [2.45, 2.75) is 29.5 Å². The Hall–Kier alpha value is -1.85. The number of thioether (sulfide) groups is 1. The van der Waals surface area contributed by atoms with Gasteiger partial charge in [0, 0.05) is 23.3 Å². The molecular weight excluding hydrogens is 344 g/mol. The molecule has 0 unspecified atom stereocenters. The molecule has 1 aliphatic heterocycles. The van der Waals surface area contributed by atoms with E-state index in [9.17, 15) is 9.59 Å². The molecule has 1 aromatic carbocycles. The third kappa shape index (κ3) is 3.97. The van der Waals surface area contributed by atoms with Crippen molar-refractivity contribution in [1.29, 1.82) is 0 Å². The van der Waals surface area contributed by atoms with Crippen LogP contribution in [0.3, 0.4) is 0 Å². The highest BCUT2D eigenvalue weighted by molar-refractivity contribution is 8.00. The lowest BCUT2D eigenvalue weighted by Crippen LogP contribution is -2.41. The number of aromatic nitrogens is 1. The summed E-state index contributed by atoms with van der Waals surface area (Å²) in [6, 6.07) is 12.3. The van der Waals surface area contributed by atoms with Gasteiger partial charge in [-0.05, 0) is 49.2 Å². The average Bonchev–Trinajstić information content (AvgIpc) is 2.78. The number of hydrogen-bond donors (Lipinski definition) is 0. The number of nitrogens with zero attached hydrogens (tertiary/aromatic N) is 2. The van der Waals surface area contributed by atoms with E-state index in [0.29, 0.717) is 17.1 Å². The van der Waals surface area contributed by atoms with Crippen LogP contribution in [0.15, 0.2) is 53.7 Å². The summed E-state index contributed by atoms with van der Waals surface area (Å²) in [7, 11) is 0. The van der Waals surface area contributed by atoms with Crippen molar-refractivity contribution < 1.29 is 9.59 Å². The number of carbonyl (C=O) groups is 2. The molecule has 1 aliphatic rings. The fourth-order valence-electron chi connectivity index (χ4n) is 2.63. The van der Waals surface area contributed by atoms with Crippen LogP contribution >= 0.6 is 23.4 Å². The molecule has 4 nitrogen and oxygen atoms in total. The Bertz CT molecular complexity index is 722. The molecule has 1 aromatic heterocycles. The molecule has 1 fully saturated rings. The molecule has 3 rings (SSSR count). The molecule has 0 bridgehead atoms. The molecule has 0 aliphatic carbocycles. The van der Waals surface area contributed by atoms with Crippen molar-refractivity contribution in [3.05, 3.63) is 59.2 Å². The summed E-state index contributed by atoms with van der Waals surface area (Å²) < 4.78 is 0. The molecule has 0 spiro atoms. The van der Waals surface area contributed by atoms with Crippen molar-refractivity contribution in [1.82, 2.24) is 9.88 Å². The summed E-state index contributed by atoms with van der Waals surface area (Å²) in [5.74, 6) is -0.395. The van der Waals surface area contributed by atoms with Crippen LogP contribution in [0.25, 0.3) is 0 Å². The summed E-state index contributed by atoms with van der Waals surface area (Å²) in [6.45, 7) is 0.458. The smallest absolute Gasteiger partial charge is 0.260 e. The maximum atomic E-state index is 12.9. The highest BCUT2D eigenvalue weighted by Crippen LogP contribution is 2.29. The number of carbonyl (C=O) groups excluding carboxylic acids is 2.